The SMILES string of the molecule is CCC(C)(C)C(=O)NCC1(CBr)CCCCC1. The Morgan fingerprint density at radius 3 is 2.35 bits per heavy atom. The first kappa shape index (κ1) is 15.0. The maximum Gasteiger partial charge on any atom is 0.225 e. The second-order valence-electron chi connectivity index (χ2n) is 6.11. The average Bonchev–Trinajstić information content (AvgIpc) is 2.37. The van der Waals surface area contributed by atoms with E-state index in [-0.39, 0.29) is 11.3 Å². The Morgan fingerprint density at radius 1 is 1.29 bits per heavy atom. The standard InChI is InChI=1S/C14H26BrNO/c1-4-13(2,3)12(17)16-11-14(10-15)8-6-5-7-9-14/h4-11H2,1-3H3,(H,16,17). The molecule has 0 bridgehead atoms. The van der Waals surface area contributed by atoms with Crippen LogP contribution in [0, 0.1) is 10.8 Å². The van der Waals surface area contributed by atoms with E-state index in [1.807, 2.05) is 13.8 Å². The molecule has 0 saturated heterocycles. The van der Waals surface area contributed by atoms with Gasteiger partial charge in [0.1, 0.15) is 0 Å². The Kier molecular flexibility index (Phi) is 5.49. The first-order chi connectivity index (χ1) is 7.96. The molecular weight excluding hydrogens is 278 g/mol. The van der Waals surface area contributed by atoms with Gasteiger partial charge in [-0.25, -0.2) is 0 Å². The van der Waals surface area contributed by atoms with Crippen molar-refractivity contribution >= 4 is 21.8 Å². The lowest BCUT2D eigenvalue weighted by molar-refractivity contribution is -0.130. The van der Waals surface area contributed by atoms with Gasteiger partial charge >= 0.3 is 0 Å². The normalized spacial score (nSPS) is 20.0. The van der Waals surface area contributed by atoms with Gasteiger partial charge in [-0.05, 0) is 24.7 Å². The molecule has 1 N–H and O–H groups in total. The smallest absolute Gasteiger partial charge is 0.225 e. The van der Waals surface area contributed by atoms with Crippen LogP contribution < -0.4 is 5.32 Å². The molecule has 1 fully saturated rings. The third kappa shape index (κ3) is 3.97. The number of amides is 1. The molecular formula is C14H26BrNO. The van der Waals surface area contributed by atoms with E-state index in [1.165, 1.54) is 32.1 Å². The van der Waals surface area contributed by atoms with Crippen LogP contribution in [-0.4, -0.2) is 17.8 Å². The second-order valence-corrected chi connectivity index (χ2v) is 6.68. The summed E-state index contributed by atoms with van der Waals surface area (Å²) >= 11 is 3.63. The van der Waals surface area contributed by atoms with Crippen LogP contribution >= 0.6 is 15.9 Å². The molecule has 17 heavy (non-hydrogen) atoms. The van der Waals surface area contributed by atoms with Gasteiger partial charge < -0.3 is 5.32 Å². The zero-order valence-corrected chi connectivity index (χ0v) is 13.0. The third-order valence-electron chi connectivity index (χ3n) is 4.32. The molecule has 100 valence electrons. The fraction of sp³-hybridized carbons (Fsp3) is 0.929. The number of hydrogen-bond donors (Lipinski definition) is 1. The van der Waals surface area contributed by atoms with Gasteiger partial charge in [-0.3, -0.25) is 4.79 Å². The molecule has 1 aliphatic carbocycles. The van der Waals surface area contributed by atoms with Gasteiger partial charge in [0.15, 0.2) is 0 Å². The molecule has 1 saturated carbocycles. The number of alkyl halides is 1. The van der Waals surface area contributed by atoms with Crippen LogP contribution in [0.25, 0.3) is 0 Å². The first-order valence-corrected chi connectivity index (χ1v) is 7.92. The minimum absolute atomic E-state index is 0.200. The number of carbonyl (C=O) groups is 1. The number of hydrogen-bond acceptors (Lipinski definition) is 1. The summed E-state index contributed by atoms with van der Waals surface area (Å²) in [6.45, 7) is 6.94. The maximum atomic E-state index is 12.1. The molecule has 0 heterocycles. The van der Waals surface area contributed by atoms with E-state index in [0.29, 0.717) is 5.41 Å². The van der Waals surface area contributed by atoms with Gasteiger partial charge in [0.2, 0.25) is 5.91 Å². The number of rotatable bonds is 5. The Balaban J connectivity index is 2.50. The average molecular weight is 304 g/mol. The summed E-state index contributed by atoms with van der Waals surface area (Å²) in [4.78, 5) is 12.1. The van der Waals surface area contributed by atoms with Crippen LogP contribution in [0.3, 0.4) is 0 Å². The lowest BCUT2D eigenvalue weighted by Crippen LogP contribution is -2.44. The van der Waals surface area contributed by atoms with Gasteiger partial charge in [0.05, 0.1) is 0 Å². The minimum Gasteiger partial charge on any atom is -0.355 e. The van der Waals surface area contributed by atoms with Crippen molar-refractivity contribution in [2.45, 2.75) is 59.3 Å². The van der Waals surface area contributed by atoms with Crippen molar-refractivity contribution in [1.29, 1.82) is 0 Å². The van der Waals surface area contributed by atoms with Crippen molar-refractivity contribution in [1.82, 2.24) is 5.32 Å². The van der Waals surface area contributed by atoms with Crippen molar-refractivity contribution in [3.05, 3.63) is 0 Å². The molecule has 3 heteroatoms. The molecule has 0 aromatic carbocycles. The molecule has 1 amide bonds. The minimum atomic E-state index is -0.234. The largest absolute Gasteiger partial charge is 0.355 e. The van der Waals surface area contributed by atoms with Gasteiger partial charge in [-0.15, -0.1) is 0 Å². The molecule has 1 aliphatic rings. The zero-order chi connectivity index (χ0) is 12.9. The molecule has 0 aromatic rings. The van der Waals surface area contributed by atoms with E-state index < -0.39 is 0 Å². The second kappa shape index (κ2) is 6.21. The van der Waals surface area contributed by atoms with Crippen LogP contribution in [0.2, 0.25) is 0 Å². The van der Waals surface area contributed by atoms with Gasteiger partial charge in [-0.2, -0.15) is 0 Å². The van der Waals surface area contributed by atoms with Gasteiger partial charge in [0, 0.05) is 17.3 Å². The van der Waals surface area contributed by atoms with Crippen LogP contribution in [0.5, 0.6) is 0 Å². The fourth-order valence-electron chi connectivity index (χ4n) is 2.33. The van der Waals surface area contributed by atoms with E-state index in [0.717, 1.165) is 18.3 Å². The summed E-state index contributed by atoms with van der Waals surface area (Å²) in [5.41, 5.74) is 0.0693. The quantitative estimate of drug-likeness (QED) is 0.767. The van der Waals surface area contributed by atoms with Crippen LogP contribution in [0.4, 0.5) is 0 Å². The number of halogens is 1. The van der Waals surface area contributed by atoms with Crippen LogP contribution in [0.1, 0.15) is 59.3 Å². The van der Waals surface area contributed by atoms with E-state index in [1.54, 1.807) is 0 Å². The molecule has 0 unspecified atom stereocenters. The molecule has 0 aliphatic heterocycles. The van der Waals surface area contributed by atoms with Gasteiger partial charge in [0.25, 0.3) is 0 Å². The summed E-state index contributed by atoms with van der Waals surface area (Å²) in [6, 6.07) is 0. The van der Waals surface area contributed by atoms with E-state index in [9.17, 15) is 4.79 Å². The maximum absolute atomic E-state index is 12.1. The predicted molar refractivity (Wildman–Crippen MR) is 76.4 cm³/mol. The first-order valence-electron chi connectivity index (χ1n) is 6.80. The monoisotopic (exact) mass is 303 g/mol. The van der Waals surface area contributed by atoms with Crippen molar-refractivity contribution in [2.24, 2.45) is 10.8 Å². The van der Waals surface area contributed by atoms with Crippen LogP contribution in [0.15, 0.2) is 0 Å². The summed E-state index contributed by atoms with van der Waals surface area (Å²) in [5, 5.41) is 4.17. The highest BCUT2D eigenvalue weighted by molar-refractivity contribution is 9.09. The number of carbonyl (C=O) groups excluding carboxylic acids is 1. The summed E-state index contributed by atoms with van der Waals surface area (Å²) in [7, 11) is 0. The van der Waals surface area contributed by atoms with E-state index in [4.69, 9.17) is 0 Å². The summed E-state index contributed by atoms with van der Waals surface area (Å²) < 4.78 is 0. The molecule has 0 radical (unpaired) electrons. The molecule has 0 atom stereocenters. The Hall–Kier alpha value is -0.0500. The zero-order valence-electron chi connectivity index (χ0n) is 11.4. The van der Waals surface area contributed by atoms with E-state index >= 15 is 0 Å². The Morgan fingerprint density at radius 2 is 1.88 bits per heavy atom. The molecule has 2 nitrogen and oxygen atoms in total. The Labute approximate surface area is 114 Å². The summed E-state index contributed by atoms with van der Waals surface area (Å²) in [6.07, 6.45) is 7.33. The molecule has 1 rings (SSSR count). The topological polar surface area (TPSA) is 29.1 Å². The Bertz CT molecular complexity index is 257. The van der Waals surface area contributed by atoms with Gasteiger partial charge in [-0.1, -0.05) is 56.0 Å². The van der Waals surface area contributed by atoms with Crippen LogP contribution in [-0.2, 0) is 4.79 Å². The fourth-order valence-corrected chi connectivity index (χ4v) is 3.09. The predicted octanol–water partition coefficient (Wildman–Crippen LogP) is 3.88. The third-order valence-corrected chi connectivity index (χ3v) is 5.51. The van der Waals surface area contributed by atoms with Crippen molar-refractivity contribution in [2.75, 3.05) is 11.9 Å². The molecule has 0 spiro atoms. The van der Waals surface area contributed by atoms with E-state index in [2.05, 4.69) is 28.2 Å². The number of nitrogens with one attached hydrogen (secondary N) is 1. The highest BCUT2D eigenvalue weighted by Gasteiger charge is 2.33. The van der Waals surface area contributed by atoms with Crippen molar-refractivity contribution in [3.63, 3.8) is 0 Å². The van der Waals surface area contributed by atoms with Crippen molar-refractivity contribution in [3.8, 4) is 0 Å². The lowest BCUT2D eigenvalue weighted by Gasteiger charge is -2.36. The summed E-state index contributed by atoms with van der Waals surface area (Å²) in [5.74, 6) is 0.200. The lowest BCUT2D eigenvalue weighted by atomic mass is 9.75. The highest BCUT2D eigenvalue weighted by Crippen LogP contribution is 2.37. The highest BCUT2D eigenvalue weighted by atomic mass is 79.9. The van der Waals surface area contributed by atoms with Crippen molar-refractivity contribution < 1.29 is 4.79 Å². The molecule has 0 aromatic heterocycles.